The molecule has 0 aliphatic rings. The summed E-state index contributed by atoms with van der Waals surface area (Å²) in [6.07, 6.45) is 0.971. The van der Waals surface area contributed by atoms with E-state index in [9.17, 15) is 9.59 Å². The molecule has 25 heavy (non-hydrogen) atoms. The lowest BCUT2D eigenvalue weighted by molar-refractivity contribution is -0.115. The van der Waals surface area contributed by atoms with Crippen LogP contribution in [-0.2, 0) is 4.79 Å². The number of hydrogen-bond acceptors (Lipinski definition) is 3. The van der Waals surface area contributed by atoms with Crippen LogP contribution in [0.15, 0.2) is 54.6 Å². The average Bonchev–Trinajstić information content (AvgIpc) is 2.66. The van der Waals surface area contributed by atoms with E-state index >= 15 is 0 Å². The third kappa shape index (κ3) is 5.43. The summed E-state index contributed by atoms with van der Waals surface area (Å²) >= 11 is 0. The van der Waals surface area contributed by atoms with Crippen molar-refractivity contribution >= 4 is 23.2 Å². The highest BCUT2D eigenvalue weighted by molar-refractivity contribution is 6.06. The number of nitrogens with one attached hydrogen (secondary N) is 2. The van der Waals surface area contributed by atoms with Crippen LogP contribution in [0.5, 0.6) is 0 Å². The predicted molar refractivity (Wildman–Crippen MR) is 102 cm³/mol. The maximum Gasteiger partial charge on any atom is 0.258 e. The standard InChI is InChI=1S/C20H25N3O2/c1-4-15(2)21-14-19(24)22-17-12-10-16(11-13-17)20(25)23(3)18-8-6-5-7-9-18/h5-13,15,21H,4,14H2,1-3H3,(H,22,24). The smallest absolute Gasteiger partial charge is 0.258 e. The first-order chi connectivity index (χ1) is 12.0. The number of benzene rings is 2. The molecule has 0 spiro atoms. The second kappa shape index (κ2) is 8.99. The lowest BCUT2D eigenvalue weighted by atomic mass is 10.1. The van der Waals surface area contributed by atoms with Gasteiger partial charge in [-0.1, -0.05) is 25.1 Å². The zero-order valence-electron chi connectivity index (χ0n) is 15.0. The van der Waals surface area contributed by atoms with Gasteiger partial charge in [-0.05, 0) is 49.7 Å². The molecule has 5 nitrogen and oxygen atoms in total. The van der Waals surface area contributed by atoms with Gasteiger partial charge in [-0.15, -0.1) is 0 Å². The molecule has 132 valence electrons. The molecule has 2 amide bonds. The molecule has 0 saturated heterocycles. The van der Waals surface area contributed by atoms with Crippen molar-refractivity contribution in [2.45, 2.75) is 26.3 Å². The first kappa shape index (κ1) is 18.7. The summed E-state index contributed by atoms with van der Waals surface area (Å²) in [6.45, 7) is 4.38. The highest BCUT2D eigenvalue weighted by atomic mass is 16.2. The van der Waals surface area contributed by atoms with Crippen LogP contribution in [0.3, 0.4) is 0 Å². The molecule has 2 N–H and O–H groups in total. The molecular weight excluding hydrogens is 314 g/mol. The topological polar surface area (TPSA) is 61.4 Å². The first-order valence-electron chi connectivity index (χ1n) is 8.47. The Kier molecular flexibility index (Phi) is 6.71. The quantitative estimate of drug-likeness (QED) is 0.814. The fourth-order valence-electron chi connectivity index (χ4n) is 2.28. The van der Waals surface area contributed by atoms with Crippen molar-refractivity contribution in [3.8, 4) is 0 Å². The van der Waals surface area contributed by atoms with Gasteiger partial charge in [0.25, 0.3) is 5.91 Å². The van der Waals surface area contributed by atoms with E-state index < -0.39 is 0 Å². The minimum Gasteiger partial charge on any atom is -0.325 e. The Bertz CT molecular complexity index is 699. The molecule has 2 aromatic carbocycles. The molecule has 5 heteroatoms. The number of nitrogens with zero attached hydrogens (tertiary/aromatic N) is 1. The van der Waals surface area contributed by atoms with Crippen molar-refractivity contribution in [2.75, 3.05) is 23.8 Å². The van der Waals surface area contributed by atoms with Crippen molar-refractivity contribution in [3.63, 3.8) is 0 Å². The molecule has 0 fully saturated rings. The van der Waals surface area contributed by atoms with Crippen LogP contribution in [-0.4, -0.2) is 31.4 Å². The molecule has 2 rings (SSSR count). The van der Waals surface area contributed by atoms with E-state index in [1.807, 2.05) is 37.3 Å². The number of anilines is 2. The van der Waals surface area contributed by atoms with Crippen LogP contribution in [0.2, 0.25) is 0 Å². The highest BCUT2D eigenvalue weighted by Gasteiger charge is 2.13. The lowest BCUT2D eigenvalue weighted by Crippen LogP contribution is -2.34. The van der Waals surface area contributed by atoms with Gasteiger partial charge < -0.3 is 15.5 Å². The molecule has 0 heterocycles. The average molecular weight is 339 g/mol. The fraction of sp³-hybridized carbons (Fsp3) is 0.300. The van der Waals surface area contributed by atoms with E-state index in [0.29, 0.717) is 17.3 Å². The Balaban J connectivity index is 1.95. The first-order valence-corrected chi connectivity index (χ1v) is 8.47. The number of hydrogen-bond donors (Lipinski definition) is 2. The van der Waals surface area contributed by atoms with Gasteiger partial charge in [-0.3, -0.25) is 9.59 Å². The van der Waals surface area contributed by atoms with Gasteiger partial charge in [0, 0.05) is 30.0 Å². The van der Waals surface area contributed by atoms with Crippen molar-refractivity contribution < 1.29 is 9.59 Å². The molecule has 1 unspecified atom stereocenters. The summed E-state index contributed by atoms with van der Waals surface area (Å²) in [4.78, 5) is 26.0. The largest absolute Gasteiger partial charge is 0.325 e. The molecule has 2 aromatic rings. The Morgan fingerprint density at radius 1 is 1.04 bits per heavy atom. The van der Waals surface area contributed by atoms with Crippen molar-refractivity contribution in [3.05, 3.63) is 60.2 Å². The Morgan fingerprint density at radius 2 is 1.68 bits per heavy atom. The van der Waals surface area contributed by atoms with Crippen LogP contribution in [0, 0.1) is 0 Å². The van der Waals surface area contributed by atoms with Gasteiger partial charge in [0.2, 0.25) is 5.91 Å². The van der Waals surface area contributed by atoms with Gasteiger partial charge in [-0.2, -0.15) is 0 Å². The number of rotatable bonds is 7. The summed E-state index contributed by atoms with van der Waals surface area (Å²) < 4.78 is 0. The monoisotopic (exact) mass is 339 g/mol. The van der Waals surface area contributed by atoms with Crippen molar-refractivity contribution in [2.24, 2.45) is 0 Å². The highest BCUT2D eigenvalue weighted by Crippen LogP contribution is 2.16. The number of carbonyl (C=O) groups excluding carboxylic acids is 2. The molecule has 0 aliphatic carbocycles. The van der Waals surface area contributed by atoms with Gasteiger partial charge >= 0.3 is 0 Å². The molecule has 0 aromatic heterocycles. The maximum absolute atomic E-state index is 12.5. The maximum atomic E-state index is 12.5. The Hall–Kier alpha value is -2.66. The molecule has 0 bridgehead atoms. The van der Waals surface area contributed by atoms with Crippen molar-refractivity contribution in [1.82, 2.24) is 5.32 Å². The van der Waals surface area contributed by atoms with Gasteiger partial charge in [0.15, 0.2) is 0 Å². The predicted octanol–water partition coefficient (Wildman–Crippen LogP) is 3.29. The molecule has 0 aliphatic heterocycles. The van der Waals surface area contributed by atoms with Gasteiger partial charge in [0.1, 0.15) is 0 Å². The summed E-state index contributed by atoms with van der Waals surface area (Å²) in [7, 11) is 1.74. The summed E-state index contributed by atoms with van der Waals surface area (Å²) in [6, 6.07) is 16.7. The summed E-state index contributed by atoms with van der Waals surface area (Å²) in [5, 5.41) is 5.96. The van der Waals surface area contributed by atoms with Crippen LogP contribution in [0.4, 0.5) is 11.4 Å². The summed E-state index contributed by atoms with van der Waals surface area (Å²) in [5.41, 5.74) is 2.08. The van der Waals surface area contributed by atoms with E-state index in [4.69, 9.17) is 0 Å². The Morgan fingerprint density at radius 3 is 2.28 bits per heavy atom. The zero-order valence-corrected chi connectivity index (χ0v) is 15.0. The Labute approximate surface area is 149 Å². The van der Waals surface area contributed by atoms with E-state index in [1.54, 1.807) is 36.2 Å². The van der Waals surface area contributed by atoms with E-state index in [0.717, 1.165) is 12.1 Å². The normalized spacial score (nSPS) is 11.6. The van der Waals surface area contributed by atoms with E-state index in [2.05, 4.69) is 17.6 Å². The third-order valence-corrected chi connectivity index (χ3v) is 4.09. The minimum atomic E-state index is -0.0965. The SMILES string of the molecule is CCC(C)NCC(=O)Nc1ccc(C(=O)N(C)c2ccccc2)cc1. The second-order valence-corrected chi connectivity index (χ2v) is 6.02. The number of carbonyl (C=O) groups is 2. The van der Waals surface area contributed by atoms with Crippen molar-refractivity contribution in [1.29, 1.82) is 0 Å². The van der Waals surface area contributed by atoms with Crippen LogP contribution in [0.25, 0.3) is 0 Å². The molecule has 1 atom stereocenters. The van der Waals surface area contributed by atoms with Crippen LogP contribution < -0.4 is 15.5 Å². The number of amides is 2. The lowest BCUT2D eigenvalue weighted by Gasteiger charge is -2.17. The van der Waals surface area contributed by atoms with E-state index in [1.165, 1.54) is 0 Å². The second-order valence-electron chi connectivity index (χ2n) is 6.02. The summed E-state index contributed by atoms with van der Waals surface area (Å²) in [5.74, 6) is -0.191. The molecule has 0 radical (unpaired) electrons. The minimum absolute atomic E-state index is 0.0949. The fourth-order valence-corrected chi connectivity index (χ4v) is 2.28. The van der Waals surface area contributed by atoms with Gasteiger partial charge in [0.05, 0.1) is 6.54 Å². The zero-order chi connectivity index (χ0) is 18.2. The van der Waals surface area contributed by atoms with Gasteiger partial charge in [-0.25, -0.2) is 0 Å². The molecular formula is C20H25N3O2. The molecule has 0 saturated carbocycles. The van der Waals surface area contributed by atoms with E-state index in [-0.39, 0.29) is 18.4 Å². The van der Waals surface area contributed by atoms with Crippen LogP contribution >= 0.6 is 0 Å². The number of para-hydroxylation sites is 1. The van der Waals surface area contributed by atoms with Crippen LogP contribution in [0.1, 0.15) is 30.6 Å². The third-order valence-electron chi connectivity index (χ3n) is 4.09.